The van der Waals surface area contributed by atoms with E-state index >= 15 is 0 Å². The van der Waals surface area contributed by atoms with Crippen LogP contribution in [0.2, 0.25) is 0 Å². The molecule has 1 heterocycles. The average Bonchev–Trinajstić information content (AvgIpc) is 2.95. The molecule has 6 heteroatoms. The van der Waals surface area contributed by atoms with Gasteiger partial charge in [-0.2, -0.15) is 4.57 Å². The van der Waals surface area contributed by atoms with Crippen molar-refractivity contribution < 1.29 is 9.21 Å². The fraction of sp³-hybridized carbons (Fsp3) is 0.263. The van der Waals surface area contributed by atoms with E-state index < -0.39 is 11.8 Å². The smallest absolute Gasteiger partial charge is 0.407 e. The van der Waals surface area contributed by atoms with Crippen molar-refractivity contribution >= 4 is 17.1 Å². The summed E-state index contributed by atoms with van der Waals surface area (Å²) >= 11 is 0. The highest BCUT2D eigenvalue weighted by molar-refractivity contribution is 5.87. The lowest BCUT2D eigenvalue weighted by Gasteiger charge is -2.16. The molecule has 0 atom stereocenters. The van der Waals surface area contributed by atoms with Crippen molar-refractivity contribution in [2.24, 2.45) is 5.84 Å². The fourth-order valence-electron chi connectivity index (χ4n) is 2.74. The fourth-order valence-corrected chi connectivity index (χ4v) is 2.74. The Kier molecular flexibility index (Phi) is 5.00. The molecular weight excluding hydrogens is 318 g/mol. The first kappa shape index (κ1) is 17.0. The van der Waals surface area contributed by atoms with E-state index in [9.17, 15) is 9.59 Å². The maximum absolute atomic E-state index is 12.4. The number of unbranched alkanes of at least 4 members (excludes halogenated alkanes) is 1. The molecule has 25 heavy (non-hydrogen) atoms. The monoisotopic (exact) mass is 339 g/mol. The largest absolute Gasteiger partial charge is 0.428 e. The topological polar surface area (TPSA) is 81.5 Å². The van der Waals surface area contributed by atoms with Gasteiger partial charge >= 0.3 is 11.8 Å². The van der Waals surface area contributed by atoms with E-state index in [4.69, 9.17) is 10.3 Å². The van der Waals surface area contributed by atoms with Crippen molar-refractivity contribution in [1.82, 2.24) is 9.58 Å². The maximum Gasteiger partial charge on any atom is 0.428 e. The van der Waals surface area contributed by atoms with Gasteiger partial charge in [0.05, 0.1) is 5.52 Å². The molecule has 0 aliphatic heterocycles. The van der Waals surface area contributed by atoms with E-state index in [1.165, 1.54) is 11.1 Å². The average molecular weight is 339 g/mol. The zero-order valence-electron chi connectivity index (χ0n) is 14.1. The van der Waals surface area contributed by atoms with Crippen LogP contribution in [0.5, 0.6) is 0 Å². The quantitative estimate of drug-likeness (QED) is 0.335. The van der Waals surface area contributed by atoms with E-state index in [1.54, 1.807) is 24.3 Å². The number of carbonyl (C=O) groups is 1. The summed E-state index contributed by atoms with van der Waals surface area (Å²) in [6.45, 7) is 2.43. The van der Waals surface area contributed by atoms with Crippen molar-refractivity contribution in [2.45, 2.75) is 26.2 Å². The second-order valence-corrected chi connectivity index (χ2v) is 6.09. The highest BCUT2D eigenvalue weighted by Gasteiger charge is 2.19. The molecule has 6 nitrogen and oxygen atoms in total. The Labute approximate surface area is 145 Å². The molecule has 3 aromatic rings. The number of hydrazine groups is 1. The molecular formula is C19H21N3O3. The van der Waals surface area contributed by atoms with E-state index in [0.29, 0.717) is 17.6 Å². The van der Waals surface area contributed by atoms with E-state index in [2.05, 4.69) is 31.2 Å². The Morgan fingerprint density at radius 3 is 2.60 bits per heavy atom. The number of hydrogen-bond acceptors (Lipinski definition) is 4. The van der Waals surface area contributed by atoms with Gasteiger partial charge in [0.25, 0.3) is 0 Å². The van der Waals surface area contributed by atoms with Gasteiger partial charge in [0, 0.05) is 6.54 Å². The number of para-hydroxylation sites is 2. The summed E-state index contributed by atoms with van der Waals surface area (Å²) in [5.41, 5.74) is 3.29. The zero-order chi connectivity index (χ0) is 17.8. The van der Waals surface area contributed by atoms with Crippen LogP contribution in [0.1, 0.15) is 24.0 Å². The standard InChI is InChI=1S/C19H21N3O3/c1-14-9-11-15(12-10-14)6-4-5-13-21(20)18(23)22-16-7-2-3-8-17(16)25-19(22)24/h2-3,7-12H,4-6,13,20H2,1H3. The number of amides is 1. The van der Waals surface area contributed by atoms with Gasteiger partial charge in [-0.05, 0) is 43.9 Å². The molecule has 0 bridgehead atoms. The molecule has 2 N–H and O–H groups in total. The van der Waals surface area contributed by atoms with Crippen LogP contribution in [0.15, 0.2) is 57.7 Å². The number of benzene rings is 2. The normalized spacial score (nSPS) is 11.0. The summed E-state index contributed by atoms with van der Waals surface area (Å²) in [5.74, 6) is 5.13. The molecule has 1 amide bonds. The van der Waals surface area contributed by atoms with Crippen molar-refractivity contribution in [3.8, 4) is 0 Å². The molecule has 1 aromatic heterocycles. The van der Waals surface area contributed by atoms with Crippen LogP contribution < -0.4 is 11.6 Å². The molecule has 3 rings (SSSR count). The van der Waals surface area contributed by atoms with Crippen LogP contribution in [-0.4, -0.2) is 22.2 Å². The van der Waals surface area contributed by atoms with Gasteiger partial charge in [-0.3, -0.25) is 5.01 Å². The van der Waals surface area contributed by atoms with Crippen LogP contribution in [0.3, 0.4) is 0 Å². The van der Waals surface area contributed by atoms with Crippen molar-refractivity contribution in [1.29, 1.82) is 0 Å². The first-order valence-electron chi connectivity index (χ1n) is 8.29. The Morgan fingerprint density at radius 2 is 1.84 bits per heavy atom. The number of aromatic nitrogens is 1. The maximum atomic E-state index is 12.4. The van der Waals surface area contributed by atoms with Crippen molar-refractivity contribution in [2.75, 3.05) is 6.54 Å². The van der Waals surface area contributed by atoms with Crippen LogP contribution in [-0.2, 0) is 6.42 Å². The second kappa shape index (κ2) is 7.36. The van der Waals surface area contributed by atoms with Gasteiger partial charge in [0.15, 0.2) is 5.58 Å². The second-order valence-electron chi connectivity index (χ2n) is 6.09. The molecule has 0 aliphatic rings. The number of oxazole rings is 1. The van der Waals surface area contributed by atoms with Gasteiger partial charge in [-0.15, -0.1) is 0 Å². The molecule has 2 aromatic carbocycles. The van der Waals surface area contributed by atoms with Gasteiger partial charge in [-0.1, -0.05) is 42.0 Å². The summed E-state index contributed by atoms with van der Waals surface area (Å²) in [5, 5.41) is 1.07. The molecule has 0 spiro atoms. The van der Waals surface area contributed by atoms with Crippen molar-refractivity contribution in [3.63, 3.8) is 0 Å². The number of fused-ring (bicyclic) bond motifs is 1. The number of nitrogens with two attached hydrogens (primary N) is 1. The Balaban J connectivity index is 1.58. The number of rotatable bonds is 5. The number of carbonyl (C=O) groups excluding carboxylic acids is 1. The van der Waals surface area contributed by atoms with Crippen LogP contribution >= 0.6 is 0 Å². The van der Waals surface area contributed by atoms with Crippen molar-refractivity contribution in [3.05, 3.63) is 70.2 Å². The lowest BCUT2D eigenvalue weighted by Crippen LogP contribution is -2.43. The predicted octanol–water partition coefficient (Wildman–Crippen LogP) is 3.07. The Bertz CT molecular complexity index is 925. The molecule has 0 fully saturated rings. The highest BCUT2D eigenvalue weighted by Crippen LogP contribution is 2.12. The van der Waals surface area contributed by atoms with Gasteiger partial charge in [0.2, 0.25) is 0 Å². The molecule has 0 radical (unpaired) electrons. The van der Waals surface area contributed by atoms with E-state index in [0.717, 1.165) is 28.8 Å². The summed E-state index contributed by atoms with van der Waals surface area (Å²) < 4.78 is 6.04. The third-order valence-corrected chi connectivity index (χ3v) is 4.16. The Hall–Kier alpha value is -2.86. The van der Waals surface area contributed by atoms with Crippen LogP contribution in [0, 0.1) is 6.92 Å². The molecule has 0 saturated carbocycles. The minimum atomic E-state index is -0.721. The van der Waals surface area contributed by atoms with Crippen LogP contribution in [0.4, 0.5) is 4.79 Å². The van der Waals surface area contributed by atoms with Gasteiger partial charge < -0.3 is 4.42 Å². The third kappa shape index (κ3) is 3.80. The van der Waals surface area contributed by atoms with Crippen LogP contribution in [0.25, 0.3) is 11.1 Å². The minimum Gasteiger partial charge on any atom is -0.407 e. The summed E-state index contributed by atoms with van der Waals surface area (Å²) in [6.07, 6.45) is 2.59. The first-order valence-corrected chi connectivity index (χ1v) is 8.29. The summed E-state index contributed by atoms with van der Waals surface area (Å²) in [6, 6.07) is 14.6. The molecule has 0 aliphatic carbocycles. The Morgan fingerprint density at radius 1 is 1.12 bits per heavy atom. The molecule has 0 unspecified atom stereocenters. The first-order chi connectivity index (χ1) is 12.1. The summed E-state index contributed by atoms with van der Waals surface area (Å²) in [4.78, 5) is 24.4. The van der Waals surface area contributed by atoms with Gasteiger partial charge in [0.1, 0.15) is 0 Å². The lowest BCUT2D eigenvalue weighted by atomic mass is 10.1. The predicted molar refractivity (Wildman–Crippen MR) is 96.3 cm³/mol. The van der Waals surface area contributed by atoms with E-state index in [-0.39, 0.29) is 0 Å². The lowest BCUT2D eigenvalue weighted by molar-refractivity contribution is 0.198. The van der Waals surface area contributed by atoms with Gasteiger partial charge in [-0.25, -0.2) is 15.4 Å². The highest BCUT2D eigenvalue weighted by atomic mass is 16.4. The number of nitrogens with zero attached hydrogens (tertiary/aromatic N) is 2. The molecule has 0 saturated heterocycles. The summed E-state index contributed by atoms with van der Waals surface area (Å²) in [7, 11) is 0. The SMILES string of the molecule is Cc1ccc(CCCCN(N)C(=O)n2c(=O)oc3ccccc32)cc1. The van der Waals surface area contributed by atoms with E-state index in [1.807, 2.05) is 0 Å². The minimum absolute atomic E-state index is 0.369. The number of aryl methyl sites for hydroxylation is 2. The molecule has 130 valence electrons. The number of hydrogen-bond donors (Lipinski definition) is 1. The zero-order valence-corrected chi connectivity index (χ0v) is 14.1. The third-order valence-electron chi connectivity index (χ3n) is 4.16.